The Balaban J connectivity index is 2.17. The predicted octanol–water partition coefficient (Wildman–Crippen LogP) is 5.41. The van der Waals surface area contributed by atoms with Gasteiger partial charge in [-0.15, -0.1) is 0 Å². The van der Waals surface area contributed by atoms with Gasteiger partial charge in [-0.05, 0) is 34.9 Å². The van der Waals surface area contributed by atoms with E-state index in [1.807, 2.05) is 30.4 Å². The summed E-state index contributed by atoms with van der Waals surface area (Å²) in [5.74, 6) is 0.767. The van der Waals surface area contributed by atoms with Gasteiger partial charge in [-0.3, -0.25) is 0 Å². The van der Waals surface area contributed by atoms with Crippen LogP contribution in [0.3, 0.4) is 0 Å². The van der Waals surface area contributed by atoms with Gasteiger partial charge in [-0.2, -0.15) is 0 Å². The first kappa shape index (κ1) is 14.2. The third-order valence-electron chi connectivity index (χ3n) is 2.80. The standard InChI is InChI=1S/C16H14BrClO/c1-19-15-9-8-14(16(18)10-15)7-6-12-2-4-13(11-17)5-3-12/h2-10H,11H2,1H3. The van der Waals surface area contributed by atoms with Crippen LogP contribution in [0.25, 0.3) is 12.2 Å². The number of methoxy groups -OCH3 is 1. The summed E-state index contributed by atoms with van der Waals surface area (Å²) in [5.41, 5.74) is 3.39. The molecule has 0 aliphatic rings. The topological polar surface area (TPSA) is 9.23 Å². The number of halogens is 2. The average Bonchev–Trinajstić information content (AvgIpc) is 2.46. The van der Waals surface area contributed by atoms with E-state index in [0.29, 0.717) is 5.02 Å². The fourth-order valence-electron chi connectivity index (χ4n) is 1.67. The lowest BCUT2D eigenvalue weighted by molar-refractivity contribution is 0.415. The van der Waals surface area contributed by atoms with Crippen molar-refractivity contribution in [2.75, 3.05) is 7.11 Å². The first-order valence-electron chi connectivity index (χ1n) is 5.89. The molecule has 2 rings (SSSR count). The summed E-state index contributed by atoms with van der Waals surface area (Å²) >= 11 is 9.62. The largest absolute Gasteiger partial charge is 0.497 e. The maximum atomic E-state index is 6.18. The maximum absolute atomic E-state index is 6.18. The van der Waals surface area contributed by atoms with Crippen LogP contribution in [0.1, 0.15) is 16.7 Å². The van der Waals surface area contributed by atoms with E-state index in [0.717, 1.165) is 22.2 Å². The van der Waals surface area contributed by atoms with Gasteiger partial charge in [0, 0.05) is 5.33 Å². The summed E-state index contributed by atoms with van der Waals surface area (Å²) in [6.07, 6.45) is 4.05. The van der Waals surface area contributed by atoms with Crippen LogP contribution in [0.5, 0.6) is 5.75 Å². The summed E-state index contributed by atoms with van der Waals surface area (Å²) < 4.78 is 5.13. The van der Waals surface area contributed by atoms with Crippen LogP contribution < -0.4 is 4.74 Å². The number of rotatable bonds is 4. The zero-order valence-corrected chi connectivity index (χ0v) is 12.9. The second-order valence-corrected chi connectivity index (χ2v) is 5.06. The van der Waals surface area contributed by atoms with Gasteiger partial charge in [0.1, 0.15) is 5.75 Å². The second kappa shape index (κ2) is 6.78. The molecule has 0 heterocycles. The molecule has 0 atom stereocenters. The Morgan fingerprint density at radius 3 is 2.42 bits per heavy atom. The van der Waals surface area contributed by atoms with Gasteiger partial charge in [0.05, 0.1) is 12.1 Å². The summed E-state index contributed by atoms with van der Waals surface area (Å²) in [4.78, 5) is 0. The molecule has 2 aromatic rings. The zero-order chi connectivity index (χ0) is 13.7. The monoisotopic (exact) mass is 336 g/mol. The van der Waals surface area contributed by atoms with Crippen molar-refractivity contribution >= 4 is 39.7 Å². The Morgan fingerprint density at radius 2 is 1.84 bits per heavy atom. The van der Waals surface area contributed by atoms with Gasteiger partial charge in [0.15, 0.2) is 0 Å². The predicted molar refractivity (Wildman–Crippen MR) is 86.0 cm³/mol. The van der Waals surface area contributed by atoms with Crippen LogP contribution in [0, 0.1) is 0 Å². The molecule has 0 aliphatic carbocycles. The Bertz CT molecular complexity index is 576. The molecule has 19 heavy (non-hydrogen) atoms. The van der Waals surface area contributed by atoms with Gasteiger partial charge in [0.2, 0.25) is 0 Å². The van der Waals surface area contributed by atoms with Crippen molar-refractivity contribution < 1.29 is 4.74 Å². The Kier molecular flexibility index (Phi) is 5.06. The summed E-state index contributed by atoms with van der Waals surface area (Å²) in [5, 5.41) is 1.56. The number of hydrogen-bond donors (Lipinski definition) is 0. The molecule has 1 nitrogen and oxygen atoms in total. The Hall–Kier alpha value is -1.25. The fraction of sp³-hybridized carbons (Fsp3) is 0.125. The third-order valence-corrected chi connectivity index (χ3v) is 3.77. The number of ether oxygens (including phenoxy) is 1. The Labute approximate surface area is 127 Å². The molecule has 0 bridgehead atoms. The highest BCUT2D eigenvalue weighted by atomic mass is 79.9. The Morgan fingerprint density at radius 1 is 1.11 bits per heavy atom. The molecule has 0 aromatic heterocycles. The molecule has 0 saturated heterocycles. The van der Waals surface area contributed by atoms with Crippen LogP contribution in [-0.4, -0.2) is 7.11 Å². The minimum Gasteiger partial charge on any atom is -0.497 e. The summed E-state index contributed by atoms with van der Waals surface area (Å²) in [6.45, 7) is 0. The number of alkyl halides is 1. The van der Waals surface area contributed by atoms with E-state index in [2.05, 4.69) is 40.2 Å². The molecule has 3 heteroatoms. The van der Waals surface area contributed by atoms with Gasteiger partial charge in [-0.1, -0.05) is 63.9 Å². The lowest BCUT2D eigenvalue weighted by atomic mass is 10.1. The van der Waals surface area contributed by atoms with Crippen LogP contribution in [-0.2, 0) is 5.33 Å². The quantitative estimate of drug-likeness (QED) is 0.535. The van der Waals surface area contributed by atoms with Gasteiger partial charge in [-0.25, -0.2) is 0 Å². The lowest BCUT2D eigenvalue weighted by Crippen LogP contribution is -1.83. The SMILES string of the molecule is COc1ccc(C=Cc2ccc(CBr)cc2)c(Cl)c1. The van der Waals surface area contributed by atoms with E-state index in [4.69, 9.17) is 16.3 Å². The molecular weight excluding hydrogens is 324 g/mol. The van der Waals surface area contributed by atoms with E-state index in [-0.39, 0.29) is 0 Å². The normalized spacial score (nSPS) is 10.9. The molecule has 0 unspecified atom stereocenters. The number of hydrogen-bond acceptors (Lipinski definition) is 1. The van der Waals surface area contributed by atoms with Crippen molar-refractivity contribution in [1.82, 2.24) is 0 Å². The average molecular weight is 338 g/mol. The highest BCUT2D eigenvalue weighted by Crippen LogP contribution is 2.24. The molecular formula is C16H14BrClO. The smallest absolute Gasteiger partial charge is 0.120 e. The van der Waals surface area contributed by atoms with E-state index >= 15 is 0 Å². The number of benzene rings is 2. The first-order chi connectivity index (χ1) is 9.22. The van der Waals surface area contributed by atoms with Crippen molar-refractivity contribution in [3.8, 4) is 5.75 Å². The fourth-order valence-corrected chi connectivity index (χ4v) is 2.28. The van der Waals surface area contributed by atoms with Crippen molar-refractivity contribution in [3.63, 3.8) is 0 Å². The van der Waals surface area contributed by atoms with Crippen molar-refractivity contribution in [2.45, 2.75) is 5.33 Å². The van der Waals surface area contributed by atoms with E-state index in [1.165, 1.54) is 5.56 Å². The van der Waals surface area contributed by atoms with E-state index in [1.54, 1.807) is 7.11 Å². The molecule has 0 aliphatic heterocycles. The van der Waals surface area contributed by atoms with E-state index < -0.39 is 0 Å². The highest BCUT2D eigenvalue weighted by molar-refractivity contribution is 9.08. The van der Waals surface area contributed by atoms with Crippen molar-refractivity contribution in [3.05, 3.63) is 64.2 Å². The van der Waals surface area contributed by atoms with Crippen LogP contribution in [0.15, 0.2) is 42.5 Å². The minimum atomic E-state index is 0.688. The summed E-state index contributed by atoms with van der Waals surface area (Å²) in [7, 11) is 1.63. The highest BCUT2D eigenvalue weighted by Gasteiger charge is 1.99. The third kappa shape index (κ3) is 3.85. The minimum absolute atomic E-state index is 0.688. The van der Waals surface area contributed by atoms with Crippen molar-refractivity contribution in [2.24, 2.45) is 0 Å². The zero-order valence-electron chi connectivity index (χ0n) is 10.6. The van der Waals surface area contributed by atoms with Gasteiger partial charge in [0.25, 0.3) is 0 Å². The molecule has 98 valence electrons. The second-order valence-electron chi connectivity index (χ2n) is 4.10. The summed E-state index contributed by atoms with van der Waals surface area (Å²) in [6, 6.07) is 14.0. The van der Waals surface area contributed by atoms with Crippen LogP contribution >= 0.6 is 27.5 Å². The molecule has 0 radical (unpaired) electrons. The van der Waals surface area contributed by atoms with Gasteiger partial charge >= 0.3 is 0 Å². The maximum Gasteiger partial charge on any atom is 0.120 e. The molecule has 0 amide bonds. The first-order valence-corrected chi connectivity index (χ1v) is 7.39. The molecule has 0 saturated carbocycles. The molecule has 0 fully saturated rings. The molecule has 2 aromatic carbocycles. The molecule has 0 N–H and O–H groups in total. The van der Waals surface area contributed by atoms with Gasteiger partial charge < -0.3 is 4.74 Å². The lowest BCUT2D eigenvalue weighted by Gasteiger charge is -2.03. The van der Waals surface area contributed by atoms with Crippen LogP contribution in [0.4, 0.5) is 0 Å². The van der Waals surface area contributed by atoms with Crippen LogP contribution in [0.2, 0.25) is 5.02 Å². The van der Waals surface area contributed by atoms with E-state index in [9.17, 15) is 0 Å². The van der Waals surface area contributed by atoms with Crippen molar-refractivity contribution in [1.29, 1.82) is 0 Å². The molecule has 0 spiro atoms.